The van der Waals surface area contributed by atoms with Crippen LogP contribution in [0.25, 0.3) is 0 Å². The van der Waals surface area contributed by atoms with E-state index < -0.39 is 14.1 Å². The summed E-state index contributed by atoms with van der Waals surface area (Å²) in [5.74, 6) is 2.03. The number of carbonyl (C=O) groups excluding carboxylic acids is 1. The molecule has 1 aliphatic heterocycles. The predicted octanol–water partition coefficient (Wildman–Crippen LogP) is 6.97. The third-order valence-electron chi connectivity index (χ3n) is 11.8. The van der Waals surface area contributed by atoms with Crippen LogP contribution in [0.5, 0.6) is 0 Å². The van der Waals surface area contributed by atoms with Gasteiger partial charge in [0, 0.05) is 18.3 Å². The quantitative estimate of drug-likeness (QED) is 0.392. The van der Waals surface area contributed by atoms with E-state index in [0.717, 1.165) is 6.42 Å². The Morgan fingerprint density at radius 3 is 2.18 bits per heavy atom. The van der Waals surface area contributed by atoms with Crippen molar-refractivity contribution in [3.05, 3.63) is 0 Å². The van der Waals surface area contributed by atoms with Crippen molar-refractivity contribution in [3.8, 4) is 0 Å². The van der Waals surface area contributed by atoms with Gasteiger partial charge in [-0.15, -0.1) is 0 Å². The molecule has 7 unspecified atom stereocenters. The summed E-state index contributed by atoms with van der Waals surface area (Å²) in [6, 6.07) is 0. The lowest BCUT2D eigenvalue weighted by Crippen LogP contribution is -2.64. The highest BCUT2D eigenvalue weighted by Crippen LogP contribution is 2.69. The largest absolute Gasteiger partial charge is 0.413 e. The lowest BCUT2D eigenvalue weighted by atomic mass is 9.43. The molecule has 0 aromatic carbocycles. The minimum absolute atomic E-state index is 0.0420. The predicted molar refractivity (Wildman–Crippen MR) is 138 cm³/mol. The summed E-state index contributed by atoms with van der Waals surface area (Å²) < 4.78 is 20.6. The Hall–Kier alpha value is -0.233. The molecule has 4 nitrogen and oxygen atoms in total. The zero-order chi connectivity index (χ0) is 25.1. The van der Waals surface area contributed by atoms with Crippen LogP contribution in [0.2, 0.25) is 18.1 Å². The van der Waals surface area contributed by atoms with Crippen LogP contribution in [0.4, 0.5) is 0 Å². The summed E-state index contributed by atoms with van der Waals surface area (Å²) in [4.78, 5) is 12.9. The molecule has 1 saturated heterocycles. The van der Waals surface area contributed by atoms with Gasteiger partial charge < -0.3 is 13.9 Å². The van der Waals surface area contributed by atoms with Crippen LogP contribution in [-0.2, 0) is 18.7 Å². The molecular weight excluding hydrogens is 440 g/mol. The van der Waals surface area contributed by atoms with Gasteiger partial charge in [0.05, 0.1) is 18.3 Å². The van der Waals surface area contributed by atoms with Gasteiger partial charge >= 0.3 is 0 Å². The summed E-state index contributed by atoms with van der Waals surface area (Å²) in [5, 5.41) is 0.229. The highest BCUT2D eigenvalue weighted by molar-refractivity contribution is 6.74. The van der Waals surface area contributed by atoms with Gasteiger partial charge in [0.25, 0.3) is 0 Å². The Kier molecular flexibility index (Phi) is 5.72. The average molecular weight is 491 g/mol. The van der Waals surface area contributed by atoms with E-state index in [1.54, 1.807) is 0 Å². The molecule has 5 heteroatoms. The highest BCUT2D eigenvalue weighted by atomic mass is 28.4. The van der Waals surface area contributed by atoms with Crippen LogP contribution in [0.15, 0.2) is 0 Å². The van der Waals surface area contributed by atoms with Crippen molar-refractivity contribution < 1.29 is 18.7 Å². The Morgan fingerprint density at radius 1 is 0.912 bits per heavy atom. The second-order valence-corrected chi connectivity index (χ2v) is 20.0. The molecule has 194 valence electrons. The Balaban J connectivity index is 1.51. The van der Waals surface area contributed by atoms with Crippen LogP contribution in [0.3, 0.4) is 0 Å². The van der Waals surface area contributed by atoms with E-state index in [4.69, 9.17) is 13.9 Å². The Bertz CT molecular complexity index is 846. The minimum atomic E-state index is -1.84. The van der Waals surface area contributed by atoms with Crippen molar-refractivity contribution in [1.29, 1.82) is 0 Å². The molecule has 5 aliphatic rings. The topological polar surface area (TPSA) is 44.8 Å². The number of hydrogen-bond acceptors (Lipinski definition) is 4. The van der Waals surface area contributed by atoms with Gasteiger partial charge in [0.15, 0.2) is 14.1 Å². The number of fused-ring (bicyclic) bond motifs is 8. The van der Waals surface area contributed by atoms with Crippen molar-refractivity contribution in [2.45, 2.75) is 136 Å². The van der Waals surface area contributed by atoms with Gasteiger partial charge in [0.2, 0.25) is 0 Å². The summed E-state index contributed by atoms with van der Waals surface area (Å²) >= 11 is 0. The highest BCUT2D eigenvalue weighted by Gasteiger charge is 2.69. The third kappa shape index (κ3) is 3.57. The third-order valence-corrected chi connectivity index (χ3v) is 16.3. The Labute approximate surface area is 209 Å². The number of rotatable bonds is 2. The van der Waals surface area contributed by atoms with Gasteiger partial charge in [-0.05, 0) is 92.7 Å². The SMILES string of the molecule is C[C@@H]1C[C@@]2(C)C(CC1=O)C1OC(C)(C)OC1C1C2CC[C@]2(C)C(O[Si](C)(C)C(C)(C)C)CCC12. The first kappa shape index (κ1) is 25.4. The van der Waals surface area contributed by atoms with E-state index in [-0.39, 0.29) is 39.9 Å². The smallest absolute Gasteiger partial charge is 0.192 e. The van der Waals surface area contributed by atoms with E-state index in [0.29, 0.717) is 36.1 Å². The summed E-state index contributed by atoms with van der Waals surface area (Å²) in [7, 11) is -1.84. The summed E-state index contributed by atoms with van der Waals surface area (Å²) in [6.07, 6.45) is 7.06. The lowest BCUT2D eigenvalue weighted by molar-refractivity contribution is -0.188. The maximum absolute atomic E-state index is 12.9. The number of Topliss-reactive ketones (excluding diaryl/α,β-unsaturated/α-hetero) is 1. The lowest BCUT2D eigenvalue weighted by Gasteiger charge is -2.63. The zero-order valence-corrected chi connectivity index (χ0v) is 24.5. The second kappa shape index (κ2) is 7.64. The molecule has 0 spiro atoms. The molecule has 0 N–H and O–H groups in total. The van der Waals surface area contributed by atoms with Gasteiger partial charge in [-0.2, -0.15) is 0 Å². The molecule has 0 amide bonds. The van der Waals surface area contributed by atoms with Crippen LogP contribution in [0.1, 0.15) is 93.9 Å². The maximum Gasteiger partial charge on any atom is 0.192 e. The van der Waals surface area contributed by atoms with E-state index in [9.17, 15) is 4.79 Å². The monoisotopic (exact) mass is 490 g/mol. The van der Waals surface area contributed by atoms with Crippen molar-refractivity contribution >= 4 is 14.1 Å². The first-order chi connectivity index (χ1) is 15.5. The van der Waals surface area contributed by atoms with Crippen molar-refractivity contribution in [3.63, 3.8) is 0 Å². The van der Waals surface area contributed by atoms with Gasteiger partial charge in [-0.1, -0.05) is 41.5 Å². The first-order valence-electron chi connectivity index (χ1n) is 14.1. The summed E-state index contributed by atoms with van der Waals surface area (Å²) in [6.45, 7) is 23.2. The van der Waals surface area contributed by atoms with Crippen LogP contribution in [0, 0.1) is 40.4 Å². The fourth-order valence-corrected chi connectivity index (χ4v) is 10.5. The molecule has 0 radical (unpaired) electrons. The second-order valence-electron chi connectivity index (χ2n) is 15.2. The van der Waals surface area contributed by atoms with Crippen molar-refractivity contribution in [2.24, 2.45) is 40.4 Å². The first-order valence-corrected chi connectivity index (χ1v) is 17.0. The van der Waals surface area contributed by atoms with Gasteiger partial charge in [-0.3, -0.25) is 4.79 Å². The minimum Gasteiger partial charge on any atom is -0.413 e. The molecule has 0 bridgehead atoms. The van der Waals surface area contributed by atoms with Crippen LogP contribution < -0.4 is 0 Å². The molecular formula is C29H50O4Si. The standard InChI is InChI=1S/C29H50O4Si/c1-17-16-29(8)19-13-14-28(7)18(11-12-22(28)33-34(9,10)26(2,3)4)23(19)25-24(20(29)15-21(17)30)31-27(5,6)32-25/h17-20,22-25H,11-16H2,1-10H3/t17-,18?,19?,20?,22?,23?,24?,25?,28+,29-/m1/s1. The molecule has 10 atom stereocenters. The van der Waals surface area contributed by atoms with Crippen molar-refractivity contribution in [1.82, 2.24) is 0 Å². The van der Waals surface area contributed by atoms with E-state index >= 15 is 0 Å². The normalized spacial score (nSPS) is 50.4. The molecule has 1 heterocycles. The molecule has 5 fully saturated rings. The van der Waals surface area contributed by atoms with E-state index in [1.165, 1.54) is 25.7 Å². The molecule has 4 saturated carbocycles. The van der Waals surface area contributed by atoms with Crippen LogP contribution >= 0.6 is 0 Å². The fraction of sp³-hybridized carbons (Fsp3) is 0.966. The van der Waals surface area contributed by atoms with E-state index in [1.807, 2.05) is 0 Å². The summed E-state index contributed by atoms with van der Waals surface area (Å²) in [5.41, 5.74) is 0.360. The van der Waals surface area contributed by atoms with Gasteiger partial charge in [0.1, 0.15) is 5.78 Å². The Morgan fingerprint density at radius 2 is 1.53 bits per heavy atom. The van der Waals surface area contributed by atoms with E-state index in [2.05, 4.69) is 68.5 Å². The molecule has 4 aliphatic carbocycles. The number of carbonyl (C=O) groups is 1. The molecule has 5 rings (SSSR count). The number of ketones is 1. The van der Waals surface area contributed by atoms with Gasteiger partial charge in [-0.25, -0.2) is 0 Å². The number of ether oxygens (including phenoxy) is 2. The fourth-order valence-electron chi connectivity index (χ4n) is 9.02. The average Bonchev–Trinajstić information content (AvgIpc) is 3.18. The zero-order valence-electron chi connectivity index (χ0n) is 23.5. The molecule has 34 heavy (non-hydrogen) atoms. The van der Waals surface area contributed by atoms with Crippen molar-refractivity contribution in [2.75, 3.05) is 0 Å². The van der Waals surface area contributed by atoms with Crippen LogP contribution in [-0.4, -0.2) is 38.2 Å². The molecule has 0 aromatic rings. The number of hydrogen-bond donors (Lipinski definition) is 0. The molecule has 0 aromatic heterocycles. The maximum atomic E-state index is 12.9.